The van der Waals surface area contributed by atoms with Crippen LogP contribution in [0, 0.1) is 5.92 Å². The zero-order valence-electron chi connectivity index (χ0n) is 16.6. The Balaban J connectivity index is 1.95. The topological polar surface area (TPSA) is 70.5 Å². The monoisotopic (exact) mass is 482 g/mol. The van der Waals surface area contributed by atoms with Gasteiger partial charge in [0.15, 0.2) is 5.13 Å². The molecule has 32 heavy (non-hydrogen) atoms. The van der Waals surface area contributed by atoms with Crippen LogP contribution in [0.4, 0.5) is 18.3 Å². The first-order chi connectivity index (χ1) is 15.1. The Kier molecular flexibility index (Phi) is 7.52. The van der Waals surface area contributed by atoms with Gasteiger partial charge in [-0.3, -0.25) is 14.5 Å². The lowest BCUT2D eigenvalue weighted by molar-refractivity contribution is -0.142. The average Bonchev–Trinajstić information content (AvgIpc) is 3.21. The Morgan fingerprint density at radius 2 is 1.75 bits per heavy atom. The minimum atomic E-state index is -4.70. The minimum Gasteiger partial charge on any atom is -0.481 e. The van der Waals surface area contributed by atoms with Crippen molar-refractivity contribution in [3.63, 3.8) is 0 Å². The molecular formula is C22H18ClF3N2O3S. The van der Waals surface area contributed by atoms with E-state index in [1.165, 1.54) is 5.38 Å². The van der Waals surface area contributed by atoms with E-state index in [1.807, 2.05) is 0 Å². The molecule has 1 heterocycles. The molecule has 3 aromatic rings. The second kappa shape index (κ2) is 10.1. The molecule has 10 heteroatoms. The fraction of sp³-hybridized carbons (Fsp3) is 0.227. The third kappa shape index (κ3) is 6.30. The maximum absolute atomic E-state index is 13.3. The van der Waals surface area contributed by atoms with E-state index in [0.717, 1.165) is 11.3 Å². The van der Waals surface area contributed by atoms with Crippen molar-refractivity contribution in [2.75, 3.05) is 11.4 Å². The van der Waals surface area contributed by atoms with E-state index < -0.39 is 36.9 Å². The molecule has 0 aliphatic carbocycles. The van der Waals surface area contributed by atoms with E-state index in [1.54, 1.807) is 54.6 Å². The van der Waals surface area contributed by atoms with Crippen molar-refractivity contribution < 1.29 is 27.9 Å². The summed E-state index contributed by atoms with van der Waals surface area (Å²) in [4.78, 5) is 29.3. The normalized spacial score (nSPS) is 12.4. The van der Waals surface area contributed by atoms with E-state index in [-0.39, 0.29) is 11.6 Å². The summed E-state index contributed by atoms with van der Waals surface area (Å²) >= 11 is 7.01. The van der Waals surface area contributed by atoms with Crippen molar-refractivity contribution in [1.82, 2.24) is 4.98 Å². The van der Waals surface area contributed by atoms with Gasteiger partial charge in [0, 0.05) is 16.0 Å². The van der Waals surface area contributed by atoms with Gasteiger partial charge in [-0.05, 0) is 18.1 Å². The average molecular weight is 483 g/mol. The van der Waals surface area contributed by atoms with Gasteiger partial charge in [0.1, 0.15) is 6.54 Å². The molecule has 0 radical (unpaired) electrons. The van der Waals surface area contributed by atoms with Gasteiger partial charge in [-0.15, -0.1) is 11.3 Å². The molecule has 0 saturated heterocycles. The van der Waals surface area contributed by atoms with Crippen LogP contribution in [-0.2, 0) is 16.0 Å². The summed E-state index contributed by atoms with van der Waals surface area (Å²) in [6.07, 6.45) is -5.32. The van der Waals surface area contributed by atoms with Gasteiger partial charge in [-0.2, -0.15) is 13.2 Å². The third-order valence-corrected chi connectivity index (χ3v) is 5.76. The van der Waals surface area contributed by atoms with Crippen molar-refractivity contribution in [3.05, 3.63) is 70.6 Å². The number of carbonyl (C=O) groups is 2. The fourth-order valence-electron chi connectivity index (χ4n) is 3.18. The van der Waals surface area contributed by atoms with E-state index in [9.17, 15) is 27.9 Å². The molecule has 168 valence electrons. The van der Waals surface area contributed by atoms with Crippen LogP contribution in [0.15, 0.2) is 60.0 Å². The summed E-state index contributed by atoms with van der Waals surface area (Å²) in [5.41, 5.74) is 1.49. The number of benzene rings is 2. The van der Waals surface area contributed by atoms with Gasteiger partial charge in [-0.25, -0.2) is 4.98 Å². The smallest absolute Gasteiger partial charge is 0.406 e. The number of thiazole rings is 1. The standard InChI is InChI=1S/C22H18ClF3N2O3S/c23-17-9-5-4-8-16(17)18-12-32-21(27-18)28(13-22(24,25)26)20(31)15(11-19(29)30)10-14-6-2-1-3-7-14/h1-9,12,15H,10-11,13H2,(H,29,30)/t15-/m1/s1. The summed E-state index contributed by atoms with van der Waals surface area (Å²) in [6, 6.07) is 15.3. The van der Waals surface area contributed by atoms with Gasteiger partial charge in [-0.1, -0.05) is 60.1 Å². The second-order valence-corrected chi connectivity index (χ2v) is 8.26. The number of aliphatic carboxylic acids is 1. The maximum atomic E-state index is 13.3. The predicted octanol–water partition coefficient (Wildman–Crippen LogP) is 5.69. The quantitative estimate of drug-likeness (QED) is 0.447. The first-order valence-electron chi connectivity index (χ1n) is 9.48. The molecule has 0 bridgehead atoms. The molecule has 1 N–H and O–H groups in total. The first-order valence-corrected chi connectivity index (χ1v) is 10.7. The summed E-state index contributed by atoms with van der Waals surface area (Å²) in [7, 11) is 0. The number of halogens is 4. The molecule has 2 aromatic carbocycles. The number of hydrogen-bond donors (Lipinski definition) is 1. The number of carboxylic acid groups (broad SMARTS) is 1. The van der Waals surface area contributed by atoms with E-state index in [0.29, 0.717) is 26.7 Å². The lowest BCUT2D eigenvalue weighted by Crippen LogP contribution is -2.43. The van der Waals surface area contributed by atoms with Crippen LogP contribution >= 0.6 is 22.9 Å². The van der Waals surface area contributed by atoms with Gasteiger partial charge in [0.05, 0.1) is 18.0 Å². The SMILES string of the molecule is O=C(O)C[C@@H](Cc1ccccc1)C(=O)N(CC(F)(F)F)c1nc(-c2ccccc2Cl)cs1. The summed E-state index contributed by atoms with van der Waals surface area (Å²) in [5, 5.41) is 11.0. The van der Waals surface area contributed by atoms with Crippen LogP contribution in [0.3, 0.4) is 0 Å². The van der Waals surface area contributed by atoms with Crippen molar-refractivity contribution in [2.45, 2.75) is 19.0 Å². The molecule has 1 aromatic heterocycles. The number of aromatic nitrogens is 1. The highest BCUT2D eigenvalue weighted by molar-refractivity contribution is 7.14. The Morgan fingerprint density at radius 3 is 2.38 bits per heavy atom. The number of alkyl halides is 3. The molecule has 1 amide bonds. The van der Waals surface area contributed by atoms with Crippen LogP contribution in [-0.4, -0.2) is 34.7 Å². The highest BCUT2D eigenvalue weighted by atomic mass is 35.5. The molecule has 0 aliphatic rings. The Labute approximate surface area is 191 Å². The Morgan fingerprint density at radius 1 is 1.09 bits per heavy atom. The molecule has 0 spiro atoms. The van der Waals surface area contributed by atoms with Gasteiger partial charge in [0.2, 0.25) is 5.91 Å². The molecule has 5 nitrogen and oxygen atoms in total. The third-order valence-electron chi connectivity index (χ3n) is 4.57. The number of carbonyl (C=O) groups excluding carboxylic acids is 1. The van der Waals surface area contributed by atoms with E-state index in [2.05, 4.69) is 4.98 Å². The van der Waals surface area contributed by atoms with Gasteiger partial charge < -0.3 is 5.11 Å². The van der Waals surface area contributed by atoms with Crippen LogP contribution in [0.5, 0.6) is 0 Å². The first kappa shape index (κ1) is 23.7. The molecule has 1 atom stereocenters. The van der Waals surface area contributed by atoms with E-state index in [4.69, 9.17) is 11.6 Å². The lowest BCUT2D eigenvalue weighted by atomic mass is 9.95. The largest absolute Gasteiger partial charge is 0.481 e. The highest BCUT2D eigenvalue weighted by Gasteiger charge is 2.38. The summed E-state index contributed by atoms with van der Waals surface area (Å²) in [5.74, 6) is -3.42. The highest BCUT2D eigenvalue weighted by Crippen LogP contribution is 2.34. The van der Waals surface area contributed by atoms with Crippen LogP contribution in [0.2, 0.25) is 5.02 Å². The van der Waals surface area contributed by atoms with Crippen LogP contribution in [0.25, 0.3) is 11.3 Å². The van der Waals surface area contributed by atoms with Gasteiger partial charge >= 0.3 is 12.1 Å². The maximum Gasteiger partial charge on any atom is 0.406 e. The number of nitrogens with zero attached hydrogens (tertiary/aromatic N) is 2. The number of anilines is 1. The van der Waals surface area contributed by atoms with Gasteiger partial charge in [0.25, 0.3) is 0 Å². The van der Waals surface area contributed by atoms with Crippen molar-refractivity contribution in [2.24, 2.45) is 5.92 Å². The van der Waals surface area contributed by atoms with Crippen LogP contribution in [0.1, 0.15) is 12.0 Å². The Hall–Kier alpha value is -2.91. The van der Waals surface area contributed by atoms with Crippen molar-refractivity contribution >= 4 is 39.9 Å². The fourth-order valence-corrected chi connectivity index (χ4v) is 4.24. The molecular weight excluding hydrogens is 465 g/mol. The summed E-state index contributed by atoms with van der Waals surface area (Å²) in [6.45, 7) is -1.58. The molecule has 3 rings (SSSR count). The zero-order chi connectivity index (χ0) is 23.3. The predicted molar refractivity (Wildman–Crippen MR) is 117 cm³/mol. The van der Waals surface area contributed by atoms with E-state index >= 15 is 0 Å². The van der Waals surface area contributed by atoms with Crippen LogP contribution < -0.4 is 4.90 Å². The number of rotatable bonds is 8. The zero-order valence-corrected chi connectivity index (χ0v) is 18.1. The van der Waals surface area contributed by atoms with Crippen molar-refractivity contribution in [1.29, 1.82) is 0 Å². The molecule has 0 aliphatic heterocycles. The number of carboxylic acids is 1. The Bertz CT molecular complexity index is 1090. The second-order valence-electron chi connectivity index (χ2n) is 7.02. The molecule has 0 unspecified atom stereocenters. The lowest BCUT2D eigenvalue weighted by Gasteiger charge is -2.25. The minimum absolute atomic E-state index is 0.0108. The molecule has 0 saturated carbocycles. The number of amides is 1. The number of hydrogen-bond acceptors (Lipinski definition) is 4. The summed E-state index contributed by atoms with van der Waals surface area (Å²) < 4.78 is 40.0. The van der Waals surface area contributed by atoms with Crippen molar-refractivity contribution in [3.8, 4) is 11.3 Å². The molecule has 0 fully saturated rings.